The Morgan fingerprint density at radius 2 is 2.14 bits per heavy atom. The summed E-state index contributed by atoms with van der Waals surface area (Å²) in [6.07, 6.45) is 2.88. The maximum Gasteiger partial charge on any atom is 0.0758 e. The smallest absolute Gasteiger partial charge is 0.0758 e. The highest BCUT2D eigenvalue weighted by Crippen LogP contribution is 2.24. The normalized spacial score (nSPS) is 11.4. The largest absolute Gasteiger partial charge is 0.381 e. The van der Waals surface area contributed by atoms with Gasteiger partial charge in [-0.1, -0.05) is 41.9 Å². The minimum absolute atomic E-state index is 0.609. The van der Waals surface area contributed by atoms with Crippen LogP contribution in [-0.2, 0) is 11.3 Å². The second kappa shape index (κ2) is 8.47. The van der Waals surface area contributed by atoms with Gasteiger partial charge in [-0.25, -0.2) is 0 Å². The Bertz CT molecular complexity index is 572. The molecule has 2 aromatic rings. The maximum absolute atomic E-state index is 5.57. The molecule has 0 atom stereocenters. The first-order chi connectivity index (χ1) is 10.2. The van der Waals surface area contributed by atoms with E-state index in [4.69, 9.17) is 4.74 Å². The average molecular weight is 351 g/mol. The zero-order valence-electron chi connectivity index (χ0n) is 12.7. The molecule has 0 fully saturated rings. The molecule has 0 unspecified atom stereocenters. The lowest BCUT2D eigenvalue weighted by Crippen LogP contribution is -2.17. The molecule has 0 amide bonds. The van der Waals surface area contributed by atoms with Crippen molar-refractivity contribution in [2.24, 2.45) is 5.92 Å². The minimum atomic E-state index is 0.609. The molecule has 1 heterocycles. The van der Waals surface area contributed by atoms with Gasteiger partial charge in [-0.2, -0.15) is 0 Å². The molecular weight excluding hydrogens is 328 g/mol. The molecule has 0 bridgehead atoms. The number of halogens is 1. The highest BCUT2D eigenvalue weighted by molar-refractivity contribution is 9.10. The summed E-state index contributed by atoms with van der Waals surface area (Å²) in [5, 5.41) is 4.63. The first-order valence-corrected chi connectivity index (χ1v) is 8.28. The summed E-state index contributed by atoms with van der Waals surface area (Å²) < 4.78 is 6.67. The van der Waals surface area contributed by atoms with Crippen LogP contribution < -0.4 is 5.32 Å². The van der Waals surface area contributed by atoms with E-state index in [9.17, 15) is 0 Å². The lowest BCUT2D eigenvalue weighted by Gasteiger charge is -2.09. The Kier molecular flexibility index (Phi) is 6.61. The first kappa shape index (κ1) is 16.4. The van der Waals surface area contributed by atoms with Gasteiger partial charge < -0.3 is 10.1 Å². The summed E-state index contributed by atoms with van der Waals surface area (Å²) in [6.45, 7) is 7.81. The van der Waals surface area contributed by atoms with Gasteiger partial charge in [0.05, 0.1) is 5.52 Å². The fourth-order valence-electron chi connectivity index (χ4n) is 2.18. The van der Waals surface area contributed by atoms with Crippen molar-refractivity contribution >= 4 is 26.8 Å². The molecule has 3 nitrogen and oxygen atoms in total. The Morgan fingerprint density at radius 1 is 1.29 bits per heavy atom. The molecule has 4 heteroatoms. The van der Waals surface area contributed by atoms with E-state index in [-0.39, 0.29) is 0 Å². The Labute approximate surface area is 135 Å². The summed E-state index contributed by atoms with van der Waals surface area (Å²) in [4.78, 5) is 4.50. The molecule has 0 spiro atoms. The van der Waals surface area contributed by atoms with E-state index in [0.717, 1.165) is 48.1 Å². The zero-order valence-corrected chi connectivity index (χ0v) is 14.3. The second-order valence-corrected chi connectivity index (χ2v) is 6.46. The fraction of sp³-hybridized carbons (Fsp3) is 0.471. The quantitative estimate of drug-likeness (QED) is 0.726. The zero-order chi connectivity index (χ0) is 15.1. The van der Waals surface area contributed by atoms with E-state index >= 15 is 0 Å². The first-order valence-electron chi connectivity index (χ1n) is 7.49. The number of pyridine rings is 1. The van der Waals surface area contributed by atoms with Crippen LogP contribution in [0.5, 0.6) is 0 Å². The van der Waals surface area contributed by atoms with Gasteiger partial charge in [-0.15, -0.1) is 0 Å². The van der Waals surface area contributed by atoms with Gasteiger partial charge in [0.15, 0.2) is 0 Å². The van der Waals surface area contributed by atoms with Gasteiger partial charge >= 0.3 is 0 Å². The monoisotopic (exact) mass is 350 g/mol. The lowest BCUT2D eigenvalue weighted by molar-refractivity contribution is 0.108. The van der Waals surface area contributed by atoms with Gasteiger partial charge in [0.2, 0.25) is 0 Å². The van der Waals surface area contributed by atoms with Crippen molar-refractivity contribution in [2.75, 3.05) is 19.8 Å². The van der Waals surface area contributed by atoms with Gasteiger partial charge in [0.1, 0.15) is 0 Å². The van der Waals surface area contributed by atoms with E-state index in [1.165, 1.54) is 5.56 Å². The summed E-state index contributed by atoms with van der Waals surface area (Å²) in [5.41, 5.74) is 2.30. The number of nitrogens with one attached hydrogen (secondary N) is 1. The summed E-state index contributed by atoms with van der Waals surface area (Å²) in [5.74, 6) is 0.609. The molecule has 0 aliphatic carbocycles. The third kappa shape index (κ3) is 5.06. The average Bonchev–Trinajstić information content (AvgIpc) is 2.48. The molecule has 114 valence electrons. The molecule has 21 heavy (non-hydrogen) atoms. The predicted molar refractivity (Wildman–Crippen MR) is 91.4 cm³/mol. The number of hydrogen-bond acceptors (Lipinski definition) is 3. The number of hydrogen-bond donors (Lipinski definition) is 1. The molecule has 0 aliphatic heterocycles. The predicted octanol–water partition coefficient (Wildman–Crippen LogP) is 4.15. The fourth-order valence-corrected chi connectivity index (χ4v) is 2.63. The minimum Gasteiger partial charge on any atom is -0.381 e. The molecule has 1 aromatic carbocycles. The number of aromatic nitrogens is 1. The number of nitrogens with zero attached hydrogens (tertiary/aromatic N) is 1. The van der Waals surface area contributed by atoms with Crippen molar-refractivity contribution in [3.8, 4) is 0 Å². The van der Waals surface area contributed by atoms with Crippen LogP contribution in [0.4, 0.5) is 0 Å². The van der Waals surface area contributed by atoms with E-state index in [0.29, 0.717) is 5.92 Å². The SMILES string of the molecule is CC(C)COCCCNCc1ccc(Br)c2cccnc12. The topological polar surface area (TPSA) is 34.1 Å². The van der Waals surface area contributed by atoms with Crippen LogP contribution >= 0.6 is 15.9 Å². The Balaban J connectivity index is 1.80. The van der Waals surface area contributed by atoms with Crippen LogP contribution in [0.1, 0.15) is 25.8 Å². The number of ether oxygens (including phenoxy) is 1. The van der Waals surface area contributed by atoms with Crippen molar-refractivity contribution in [2.45, 2.75) is 26.8 Å². The lowest BCUT2D eigenvalue weighted by atomic mass is 10.1. The molecule has 0 saturated carbocycles. The summed E-state index contributed by atoms with van der Waals surface area (Å²) >= 11 is 3.58. The van der Waals surface area contributed by atoms with Crippen LogP contribution in [0.25, 0.3) is 10.9 Å². The second-order valence-electron chi connectivity index (χ2n) is 5.61. The molecule has 0 aliphatic rings. The highest BCUT2D eigenvalue weighted by Gasteiger charge is 2.04. The van der Waals surface area contributed by atoms with Crippen molar-refractivity contribution in [3.05, 3.63) is 40.5 Å². The van der Waals surface area contributed by atoms with Crippen LogP contribution in [0, 0.1) is 5.92 Å². The van der Waals surface area contributed by atoms with Crippen molar-refractivity contribution < 1.29 is 4.74 Å². The third-order valence-electron chi connectivity index (χ3n) is 3.21. The number of rotatable bonds is 8. The van der Waals surface area contributed by atoms with Crippen LogP contribution in [0.15, 0.2) is 34.9 Å². The molecule has 1 N–H and O–H groups in total. The molecule has 2 rings (SSSR count). The Hall–Kier alpha value is -0.970. The summed E-state index contributed by atoms with van der Waals surface area (Å²) in [6, 6.07) is 8.28. The van der Waals surface area contributed by atoms with Crippen molar-refractivity contribution in [1.82, 2.24) is 10.3 Å². The molecular formula is C17H23BrN2O. The standard InChI is InChI=1S/C17H23BrN2O/c1-13(2)12-21-10-4-8-19-11-14-6-7-16(18)15-5-3-9-20-17(14)15/h3,5-7,9,13,19H,4,8,10-12H2,1-2H3. The van der Waals surface area contributed by atoms with E-state index < -0.39 is 0 Å². The van der Waals surface area contributed by atoms with Gasteiger partial charge in [0.25, 0.3) is 0 Å². The van der Waals surface area contributed by atoms with Crippen LogP contribution in [-0.4, -0.2) is 24.7 Å². The van der Waals surface area contributed by atoms with E-state index in [1.807, 2.05) is 12.3 Å². The third-order valence-corrected chi connectivity index (χ3v) is 3.90. The van der Waals surface area contributed by atoms with Crippen molar-refractivity contribution in [3.63, 3.8) is 0 Å². The molecule has 0 radical (unpaired) electrons. The Morgan fingerprint density at radius 3 is 2.95 bits per heavy atom. The highest BCUT2D eigenvalue weighted by atomic mass is 79.9. The summed E-state index contributed by atoms with van der Waals surface area (Å²) in [7, 11) is 0. The number of benzene rings is 1. The van der Waals surface area contributed by atoms with E-state index in [2.05, 4.69) is 58.3 Å². The molecule has 1 aromatic heterocycles. The molecule has 0 saturated heterocycles. The van der Waals surface area contributed by atoms with Crippen molar-refractivity contribution in [1.29, 1.82) is 0 Å². The number of fused-ring (bicyclic) bond motifs is 1. The van der Waals surface area contributed by atoms with Gasteiger partial charge in [-0.05, 0) is 36.6 Å². The van der Waals surface area contributed by atoms with Crippen LogP contribution in [0.3, 0.4) is 0 Å². The van der Waals surface area contributed by atoms with Crippen LogP contribution in [0.2, 0.25) is 0 Å². The van der Waals surface area contributed by atoms with Gasteiger partial charge in [0, 0.05) is 35.8 Å². The van der Waals surface area contributed by atoms with Gasteiger partial charge in [-0.3, -0.25) is 4.98 Å². The maximum atomic E-state index is 5.57. The van der Waals surface area contributed by atoms with E-state index in [1.54, 1.807) is 0 Å².